The van der Waals surface area contributed by atoms with E-state index in [2.05, 4.69) is 46.6 Å². The average Bonchev–Trinajstić information content (AvgIpc) is 3.20. The summed E-state index contributed by atoms with van der Waals surface area (Å²) in [7, 11) is 0. The number of hydrogen-bond acceptors (Lipinski definition) is 2. The minimum Gasteiger partial charge on any atom is -0.347 e. The van der Waals surface area contributed by atoms with E-state index in [4.69, 9.17) is 0 Å². The first-order valence-corrected chi connectivity index (χ1v) is 8.57. The molecule has 1 N–H and O–H groups in total. The molecule has 0 bridgehead atoms. The molecule has 0 saturated heterocycles. The number of aryl methyl sites for hydroxylation is 1. The monoisotopic (exact) mass is 274 g/mol. The topological polar surface area (TPSA) is 17.0 Å². The van der Waals surface area contributed by atoms with Crippen LogP contribution in [0.25, 0.3) is 10.9 Å². The van der Waals surface area contributed by atoms with E-state index in [1.807, 2.05) is 11.8 Å². The van der Waals surface area contributed by atoms with E-state index >= 15 is 0 Å². The number of fused-ring (bicyclic) bond motifs is 1. The van der Waals surface area contributed by atoms with E-state index in [0.29, 0.717) is 0 Å². The Hall–Kier alpha value is -0.930. The lowest BCUT2D eigenvalue weighted by Gasteiger charge is -2.03. The van der Waals surface area contributed by atoms with Crippen molar-refractivity contribution in [3.05, 3.63) is 36.0 Å². The summed E-state index contributed by atoms with van der Waals surface area (Å²) in [5.74, 6) is 1.24. The highest BCUT2D eigenvalue weighted by Crippen LogP contribution is 2.24. The Morgan fingerprint density at radius 1 is 1.32 bits per heavy atom. The number of thioether (sulfide) groups is 1. The van der Waals surface area contributed by atoms with Crippen LogP contribution >= 0.6 is 11.8 Å². The molecular formula is C16H22N2S. The first kappa shape index (κ1) is 13.1. The SMILES string of the molecule is CSCCCn1cc(CNC2CC2)c2ccccc21. The number of nitrogens with zero attached hydrogens (tertiary/aromatic N) is 1. The first-order valence-electron chi connectivity index (χ1n) is 7.17. The second-order valence-electron chi connectivity index (χ2n) is 5.37. The van der Waals surface area contributed by atoms with Gasteiger partial charge >= 0.3 is 0 Å². The molecular weight excluding hydrogens is 252 g/mol. The smallest absolute Gasteiger partial charge is 0.0483 e. The van der Waals surface area contributed by atoms with Gasteiger partial charge in [0.1, 0.15) is 0 Å². The molecule has 1 aromatic heterocycles. The summed E-state index contributed by atoms with van der Waals surface area (Å²) in [6.07, 6.45) is 8.48. The minimum absolute atomic E-state index is 0.776. The molecule has 1 aliphatic rings. The number of hydrogen-bond donors (Lipinski definition) is 1. The zero-order chi connectivity index (χ0) is 13.1. The lowest BCUT2D eigenvalue weighted by molar-refractivity contribution is 0.676. The van der Waals surface area contributed by atoms with Crippen molar-refractivity contribution < 1.29 is 0 Å². The fraction of sp³-hybridized carbons (Fsp3) is 0.500. The standard InChI is InChI=1S/C16H22N2S/c1-19-10-4-9-18-12-13(11-17-14-7-8-14)15-5-2-3-6-16(15)18/h2-3,5-6,12,14,17H,4,7-11H2,1H3. The van der Waals surface area contributed by atoms with Gasteiger partial charge in [-0.25, -0.2) is 0 Å². The maximum Gasteiger partial charge on any atom is 0.0483 e. The van der Waals surface area contributed by atoms with Crippen LogP contribution in [0.1, 0.15) is 24.8 Å². The van der Waals surface area contributed by atoms with Gasteiger partial charge in [-0.05, 0) is 42.9 Å². The van der Waals surface area contributed by atoms with Crippen molar-refractivity contribution in [3.8, 4) is 0 Å². The summed E-state index contributed by atoms with van der Waals surface area (Å²) >= 11 is 1.93. The zero-order valence-electron chi connectivity index (χ0n) is 11.6. The summed E-state index contributed by atoms with van der Waals surface area (Å²) in [4.78, 5) is 0. The molecule has 3 rings (SSSR count). The number of rotatable bonds is 7. The van der Waals surface area contributed by atoms with Crippen LogP contribution in [0.4, 0.5) is 0 Å². The summed E-state index contributed by atoms with van der Waals surface area (Å²) in [5, 5.41) is 5.04. The molecule has 1 heterocycles. The molecule has 0 spiro atoms. The van der Waals surface area contributed by atoms with Crippen LogP contribution in [0.5, 0.6) is 0 Å². The highest BCUT2D eigenvalue weighted by molar-refractivity contribution is 7.98. The minimum atomic E-state index is 0.776. The highest BCUT2D eigenvalue weighted by Gasteiger charge is 2.20. The third kappa shape index (κ3) is 3.15. The Balaban J connectivity index is 1.79. The van der Waals surface area contributed by atoms with Crippen LogP contribution in [0.3, 0.4) is 0 Å². The van der Waals surface area contributed by atoms with Crippen LogP contribution in [0.2, 0.25) is 0 Å². The highest BCUT2D eigenvalue weighted by atomic mass is 32.2. The number of nitrogens with one attached hydrogen (secondary N) is 1. The van der Waals surface area contributed by atoms with Crippen molar-refractivity contribution in [3.63, 3.8) is 0 Å². The van der Waals surface area contributed by atoms with Crippen LogP contribution in [0.15, 0.2) is 30.5 Å². The fourth-order valence-corrected chi connectivity index (χ4v) is 2.99. The van der Waals surface area contributed by atoms with Crippen molar-refractivity contribution in [1.82, 2.24) is 9.88 Å². The summed E-state index contributed by atoms with van der Waals surface area (Å²) in [5.41, 5.74) is 2.84. The second-order valence-corrected chi connectivity index (χ2v) is 6.35. The molecule has 1 fully saturated rings. The Morgan fingerprint density at radius 2 is 2.16 bits per heavy atom. The van der Waals surface area contributed by atoms with Crippen LogP contribution in [0, 0.1) is 0 Å². The van der Waals surface area contributed by atoms with Crippen molar-refractivity contribution in [1.29, 1.82) is 0 Å². The number of para-hydroxylation sites is 1. The summed E-state index contributed by atoms with van der Waals surface area (Å²) in [6.45, 7) is 2.14. The molecule has 1 saturated carbocycles. The molecule has 1 aliphatic carbocycles. The first-order chi connectivity index (χ1) is 9.38. The molecule has 0 atom stereocenters. The third-order valence-corrected chi connectivity index (χ3v) is 4.47. The van der Waals surface area contributed by atoms with Crippen molar-refractivity contribution in [2.24, 2.45) is 0 Å². The second kappa shape index (κ2) is 6.02. The predicted octanol–water partition coefficient (Wildman–Crippen LogP) is 3.65. The van der Waals surface area contributed by atoms with E-state index in [-0.39, 0.29) is 0 Å². The molecule has 0 unspecified atom stereocenters. The van der Waals surface area contributed by atoms with Gasteiger partial charge in [0.15, 0.2) is 0 Å². The predicted molar refractivity (Wildman–Crippen MR) is 84.8 cm³/mol. The van der Waals surface area contributed by atoms with Crippen molar-refractivity contribution >= 4 is 22.7 Å². The molecule has 3 heteroatoms. The van der Waals surface area contributed by atoms with Crippen molar-refractivity contribution in [2.75, 3.05) is 12.0 Å². The quantitative estimate of drug-likeness (QED) is 0.776. The van der Waals surface area contributed by atoms with Gasteiger partial charge in [0.05, 0.1) is 0 Å². The Kier molecular flexibility index (Phi) is 4.14. The normalized spacial score (nSPS) is 15.2. The van der Waals surface area contributed by atoms with Crippen LogP contribution in [-0.4, -0.2) is 22.6 Å². The molecule has 2 nitrogen and oxygen atoms in total. The number of benzene rings is 1. The maximum absolute atomic E-state index is 3.63. The average molecular weight is 274 g/mol. The Morgan fingerprint density at radius 3 is 2.95 bits per heavy atom. The van der Waals surface area contributed by atoms with Gasteiger partial charge in [0.2, 0.25) is 0 Å². The lowest BCUT2D eigenvalue weighted by atomic mass is 10.2. The van der Waals surface area contributed by atoms with E-state index < -0.39 is 0 Å². The third-order valence-electron chi connectivity index (χ3n) is 3.78. The van der Waals surface area contributed by atoms with Gasteiger partial charge < -0.3 is 9.88 Å². The van der Waals surface area contributed by atoms with E-state index in [1.54, 1.807) is 0 Å². The van der Waals surface area contributed by atoms with E-state index in [0.717, 1.165) is 19.1 Å². The summed E-state index contributed by atoms with van der Waals surface area (Å²) in [6, 6.07) is 9.57. The Bertz CT molecular complexity index is 543. The maximum atomic E-state index is 3.63. The van der Waals surface area contributed by atoms with Gasteiger partial charge in [0, 0.05) is 36.2 Å². The van der Waals surface area contributed by atoms with Gasteiger partial charge in [-0.15, -0.1) is 0 Å². The van der Waals surface area contributed by atoms with Gasteiger partial charge in [0.25, 0.3) is 0 Å². The molecule has 1 aromatic carbocycles. The zero-order valence-corrected chi connectivity index (χ0v) is 12.4. The molecule has 2 aromatic rings. The molecule has 19 heavy (non-hydrogen) atoms. The van der Waals surface area contributed by atoms with Gasteiger partial charge in [-0.3, -0.25) is 0 Å². The molecule has 0 amide bonds. The van der Waals surface area contributed by atoms with E-state index in [9.17, 15) is 0 Å². The number of aromatic nitrogens is 1. The van der Waals surface area contributed by atoms with Gasteiger partial charge in [-0.2, -0.15) is 11.8 Å². The molecule has 0 aliphatic heterocycles. The van der Waals surface area contributed by atoms with Crippen molar-refractivity contribution in [2.45, 2.75) is 38.4 Å². The van der Waals surface area contributed by atoms with Crippen LogP contribution in [-0.2, 0) is 13.1 Å². The molecule has 102 valence electrons. The largest absolute Gasteiger partial charge is 0.347 e. The summed E-state index contributed by atoms with van der Waals surface area (Å²) < 4.78 is 2.43. The Labute approximate surface area is 119 Å². The van der Waals surface area contributed by atoms with Crippen LogP contribution < -0.4 is 5.32 Å². The molecule has 0 radical (unpaired) electrons. The fourth-order valence-electron chi connectivity index (χ4n) is 2.57. The lowest BCUT2D eigenvalue weighted by Crippen LogP contribution is -2.14. The van der Waals surface area contributed by atoms with E-state index in [1.165, 1.54) is 41.5 Å². The van der Waals surface area contributed by atoms with Gasteiger partial charge in [-0.1, -0.05) is 18.2 Å².